The summed E-state index contributed by atoms with van der Waals surface area (Å²) in [5, 5.41) is 8.95. The Morgan fingerprint density at radius 3 is 2.45 bits per heavy atom. The van der Waals surface area contributed by atoms with E-state index in [1.165, 1.54) is 11.3 Å². The largest absolute Gasteiger partial charge is 0.480 e. The summed E-state index contributed by atoms with van der Waals surface area (Å²) in [6, 6.07) is 0.246. The number of hydrogen-bond donors (Lipinski definition) is 1. The lowest BCUT2D eigenvalue weighted by molar-refractivity contribution is -0.137. The molecule has 2 rings (SSSR count). The van der Waals surface area contributed by atoms with E-state index in [0.29, 0.717) is 25.0 Å². The first kappa shape index (κ1) is 15.1. The van der Waals surface area contributed by atoms with Gasteiger partial charge in [0, 0.05) is 26.2 Å². The van der Waals surface area contributed by atoms with Crippen LogP contribution in [0.5, 0.6) is 0 Å². The van der Waals surface area contributed by atoms with Crippen LogP contribution in [0.25, 0.3) is 0 Å². The van der Waals surface area contributed by atoms with Crippen molar-refractivity contribution in [3.8, 4) is 0 Å². The molecule has 0 aromatic rings. The Bertz CT molecular complexity index is 371. The van der Waals surface area contributed by atoms with Gasteiger partial charge in [-0.3, -0.25) is 4.79 Å². The Morgan fingerprint density at radius 1 is 1.25 bits per heavy atom. The van der Waals surface area contributed by atoms with E-state index in [-0.39, 0.29) is 12.6 Å². The first-order valence-corrected chi connectivity index (χ1v) is 7.39. The van der Waals surface area contributed by atoms with Gasteiger partial charge in [0.05, 0.1) is 0 Å². The van der Waals surface area contributed by atoms with Crippen LogP contribution in [0.4, 0.5) is 4.79 Å². The van der Waals surface area contributed by atoms with Gasteiger partial charge >= 0.3 is 12.0 Å². The number of carboxylic acid groups (broad SMARTS) is 1. The summed E-state index contributed by atoms with van der Waals surface area (Å²) < 4.78 is 0. The molecule has 0 aromatic heterocycles. The molecule has 6 heteroatoms. The number of likely N-dealkylation sites (N-methyl/N-ethyl adjacent to an activating group) is 2. The van der Waals surface area contributed by atoms with E-state index in [2.05, 4.69) is 11.9 Å². The lowest BCUT2D eigenvalue weighted by Gasteiger charge is -2.30. The van der Waals surface area contributed by atoms with E-state index in [1.54, 1.807) is 11.9 Å². The smallest absolute Gasteiger partial charge is 0.323 e. The fourth-order valence-electron chi connectivity index (χ4n) is 2.83. The van der Waals surface area contributed by atoms with E-state index in [1.807, 2.05) is 0 Å². The Balaban J connectivity index is 1.88. The monoisotopic (exact) mass is 283 g/mol. The number of carbonyl (C=O) groups is 2. The van der Waals surface area contributed by atoms with Crippen LogP contribution in [-0.4, -0.2) is 78.1 Å². The lowest BCUT2D eigenvalue weighted by Crippen LogP contribution is -2.48. The second kappa shape index (κ2) is 6.43. The maximum atomic E-state index is 12.4. The molecule has 1 heterocycles. The highest BCUT2D eigenvalue weighted by Gasteiger charge is 2.31. The van der Waals surface area contributed by atoms with E-state index in [9.17, 15) is 9.59 Å². The number of nitrogens with zero attached hydrogens (tertiary/aromatic N) is 3. The number of carbonyl (C=O) groups excluding carboxylic acids is 1. The zero-order valence-electron chi connectivity index (χ0n) is 12.4. The molecular formula is C14H25N3O3. The molecule has 1 aliphatic carbocycles. The predicted molar refractivity (Wildman–Crippen MR) is 75.6 cm³/mol. The summed E-state index contributed by atoms with van der Waals surface area (Å²) in [7, 11) is 3.85. The molecule has 1 aliphatic heterocycles. The fourth-order valence-corrected chi connectivity index (χ4v) is 2.83. The van der Waals surface area contributed by atoms with Crippen molar-refractivity contribution in [1.29, 1.82) is 0 Å². The standard InChI is InChI=1S/C14H25N3O3/c1-15-7-3-4-12(15)9-16(2)14(20)17(10-13(18)19)8-11-5-6-11/h11-12H,3-10H2,1-2H3,(H,18,19). The number of aliphatic carboxylic acids is 1. The van der Waals surface area contributed by atoms with Crippen molar-refractivity contribution < 1.29 is 14.7 Å². The molecule has 2 fully saturated rings. The Morgan fingerprint density at radius 2 is 1.95 bits per heavy atom. The highest BCUT2D eigenvalue weighted by molar-refractivity contribution is 5.80. The molecule has 0 bridgehead atoms. The van der Waals surface area contributed by atoms with Crippen LogP contribution in [0.1, 0.15) is 25.7 Å². The second-order valence-electron chi connectivity index (χ2n) is 6.16. The molecule has 2 aliphatic rings. The van der Waals surface area contributed by atoms with Gasteiger partial charge in [0.25, 0.3) is 0 Å². The second-order valence-corrected chi connectivity index (χ2v) is 6.16. The number of hydrogen-bond acceptors (Lipinski definition) is 3. The van der Waals surface area contributed by atoms with Crippen LogP contribution >= 0.6 is 0 Å². The molecule has 1 atom stereocenters. The highest BCUT2D eigenvalue weighted by Crippen LogP contribution is 2.30. The van der Waals surface area contributed by atoms with Gasteiger partial charge in [-0.15, -0.1) is 0 Å². The number of rotatable bonds is 6. The third-order valence-electron chi connectivity index (χ3n) is 4.25. The molecule has 1 saturated carbocycles. The molecule has 114 valence electrons. The van der Waals surface area contributed by atoms with Crippen molar-refractivity contribution >= 4 is 12.0 Å². The highest BCUT2D eigenvalue weighted by atomic mass is 16.4. The molecule has 0 aromatic carbocycles. The summed E-state index contributed by atoms with van der Waals surface area (Å²) >= 11 is 0. The van der Waals surface area contributed by atoms with Gasteiger partial charge in [-0.1, -0.05) is 0 Å². The first-order valence-electron chi connectivity index (χ1n) is 7.39. The summed E-state index contributed by atoms with van der Waals surface area (Å²) in [5.41, 5.74) is 0. The van der Waals surface area contributed by atoms with E-state index in [4.69, 9.17) is 5.11 Å². The Labute approximate surface area is 120 Å². The van der Waals surface area contributed by atoms with Gasteiger partial charge in [-0.05, 0) is 45.2 Å². The van der Waals surface area contributed by atoms with Crippen molar-refractivity contribution in [1.82, 2.24) is 14.7 Å². The quantitative estimate of drug-likeness (QED) is 0.787. The third-order valence-corrected chi connectivity index (χ3v) is 4.25. The number of urea groups is 1. The molecule has 0 radical (unpaired) electrons. The van der Waals surface area contributed by atoms with Crippen molar-refractivity contribution in [3.05, 3.63) is 0 Å². The third kappa shape index (κ3) is 4.10. The number of carboxylic acids is 1. The number of likely N-dealkylation sites (tertiary alicyclic amines) is 1. The predicted octanol–water partition coefficient (Wildman–Crippen LogP) is 0.929. The molecule has 1 unspecified atom stereocenters. The molecule has 1 N–H and O–H groups in total. The van der Waals surface area contributed by atoms with Gasteiger partial charge in [0.2, 0.25) is 0 Å². The summed E-state index contributed by atoms with van der Waals surface area (Å²) in [6.45, 7) is 2.14. The molecule has 0 spiro atoms. The molecule has 2 amide bonds. The summed E-state index contributed by atoms with van der Waals surface area (Å²) in [4.78, 5) is 28.8. The topological polar surface area (TPSA) is 64.1 Å². The fraction of sp³-hybridized carbons (Fsp3) is 0.857. The van der Waals surface area contributed by atoms with Crippen LogP contribution in [0.2, 0.25) is 0 Å². The van der Waals surface area contributed by atoms with Gasteiger partial charge in [-0.2, -0.15) is 0 Å². The number of amides is 2. The van der Waals surface area contributed by atoms with Crippen LogP contribution in [-0.2, 0) is 4.79 Å². The molecule has 6 nitrogen and oxygen atoms in total. The molecular weight excluding hydrogens is 258 g/mol. The van der Waals surface area contributed by atoms with Crippen LogP contribution in [0.15, 0.2) is 0 Å². The maximum Gasteiger partial charge on any atom is 0.323 e. The Kier molecular flexibility index (Phi) is 4.86. The van der Waals surface area contributed by atoms with Gasteiger partial charge in [0.1, 0.15) is 6.54 Å². The Hall–Kier alpha value is -1.30. The van der Waals surface area contributed by atoms with Crippen molar-refractivity contribution in [2.45, 2.75) is 31.7 Å². The zero-order valence-corrected chi connectivity index (χ0v) is 12.4. The normalized spacial score (nSPS) is 22.8. The summed E-state index contributed by atoms with van der Waals surface area (Å²) in [6.07, 6.45) is 4.50. The SMILES string of the molecule is CN(CC1CCCN1C)C(=O)N(CC(=O)O)CC1CC1. The average molecular weight is 283 g/mol. The molecule has 1 saturated heterocycles. The van der Waals surface area contributed by atoms with Gasteiger partial charge in [-0.25, -0.2) is 4.79 Å². The lowest BCUT2D eigenvalue weighted by atomic mass is 10.2. The van der Waals surface area contributed by atoms with E-state index < -0.39 is 5.97 Å². The van der Waals surface area contributed by atoms with Gasteiger partial charge in [0.15, 0.2) is 0 Å². The van der Waals surface area contributed by atoms with Crippen molar-refractivity contribution in [3.63, 3.8) is 0 Å². The van der Waals surface area contributed by atoms with Crippen LogP contribution < -0.4 is 0 Å². The molecule has 20 heavy (non-hydrogen) atoms. The minimum Gasteiger partial charge on any atom is -0.480 e. The van der Waals surface area contributed by atoms with E-state index >= 15 is 0 Å². The minimum absolute atomic E-state index is 0.153. The maximum absolute atomic E-state index is 12.4. The van der Waals surface area contributed by atoms with Crippen LogP contribution in [0, 0.1) is 5.92 Å². The minimum atomic E-state index is -0.939. The average Bonchev–Trinajstić information content (AvgIpc) is 3.11. The first-order chi connectivity index (χ1) is 9.47. The van der Waals surface area contributed by atoms with Crippen LogP contribution in [0.3, 0.4) is 0 Å². The summed E-state index contributed by atoms with van der Waals surface area (Å²) in [5.74, 6) is -0.439. The van der Waals surface area contributed by atoms with Gasteiger partial charge < -0.3 is 19.8 Å². The van der Waals surface area contributed by atoms with E-state index in [0.717, 1.165) is 25.8 Å². The van der Waals surface area contributed by atoms with Crippen molar-refractivity contribution in [2.75, 3.05) is 40.3 Å². The zero-order chi connectivity index (χ0) is 14.7. The van der Waals surface area contributed by atoms with Crippen molar-refractivity contribution in [2.24, 2.45) is 5.92 Å².